The standard InChI is InChI=1S/C8H17NO/c1-3-5-6-7-8-9-10-4-2/h8H,3-7H2,1-2H3/b9-8+. The highest BCUT2D eigenvalue weighted by Crippen LogP contribution is 1.95. The molecule has 0 aromatic carbocycles. The molecule has 0 aliphatic carbocycles. The van der Waals surface area contributed by atoms with Crippen molar-refractivity contribution in [1.82, 2.24) is 0 Å². The zero-order valence-corrected chi connectivity index (χ0v) is 6.97. The molecule has 0 spiro atoms. The second-order valence-corrected chi connectivity index (χ2v) is 2.20. The van der Waals surface area contributed by atoms with Gasteiger partial charge in [0.25, 0.3) is 0 Å². The van der Waals surface area contributed by atoms with Crippen molar-refractivity contribution in [3.63, 3.8) is 0 Å². The largest absolute Gasteiger partial charge is 0.396 e. The molecule has 0 bridgehead atoms. The minimum atomic E-state index is 0.671. The summed E-state index contributed by atoms with van der Waals surface area (Å²) in [5, 5.41) is 3.74. The summed E-state index contributed by atoms with van der Waals surface area (Å²) in [4.78, 5) is 4.78. The van der Waals surface area contributed by atoms with Crippen LogP contribution in [-0.2, 0) is 4.84 Å². The van der Waals surface area contributed by atoms with Gasteiger partial charge in [-0.25, -0.2) is 0 Å². The summed E-state index contributed by atoms with van der Waals surface area (Å²) in [6.07, 6.45) is 6.68. The number of rotatable bonds is 6. The van der Waals surface area contributed by atoms with Gasteiger partial charge in [0.05, 0.1) is 0 Å². The molecule has 0 saturated carbocycles. The molecule has 0 atom stereocenters. The summed E-state index contributed by atoms with van der Waals surface area (Å²) >= 11 is 0. The van der Waals surface area contributed by atoms with Gasteiger partial charge in [0.15, 0.2) is 0 Å². The Kier molecular flexibility index (Phi) is 8.02. The third kappa shape index (κ3) is 7.47. The molecule has 0 aliphatic heterocycles. The van der Waals surface area contributed by atoms with E-state index in [0.29, 0.717) is 6.61 Å². The summed E-state index contributed by atoms with van der Waals surface area (Å²) in [6.45, 7) is 4.80. The SMILES string of the molecule is CCCCC/C=N/OCC. The monoisotopic (exact) mass is 143 g/mol. The van der Waals surface area contributed by atoms with E-state index < -0.39 is 0 Å². The van der Waals surface area contributed by atoms with Crippen molar-refractivity contribution in [3.05, 3.63) is 0 Å². The number of nitrogens with zero attached hydrogens (tertiary/aromatic N) is 1. The van der Waals surface area contributed by atoms with E-state index in [-0.39, 0.29) is 0 Å². The Bertz CT molecular complexity index is 81.3. The molecule has 0 heterocycles. The fourth-order valence-electron chi connectivity index (χ4n) is 0.666. The third-order valence-electron chi connectivity index (χ3n) is 1.21. The average molecular weight is 143 g/mol. The van der Waals surface area contributed by atoms with E-state index in [0.717, 1.165) is 6.42 Å². The lowest BCUT2D eigenvalue weighted by atomic mass is 10.2. The van der Waals surface area contributed by atoms with Crippen molar-refractivity contribution < 1.29 is 4.84 Å². The molecule has 10 heavy (non-hydrogen) atoms. The van der Waals surface area contributed by atoms with Crippen LogP contribution in [0.4, 0.5) is 0 Å². The smallest absolute Gasteiger partial charge is 0.114 e. The Morgan fingerprint density at radius 2 is 2.10 bits per heavy atom. The maximum Gasteiger partial charge on any atom is 0.114 e. The third-order valence-corrected chi connectivity index (χ3v) is 1.21. The molecule has 0 aliphatic rings. The first-order valence-electron chi connectivity index (χ1n) is 4.05. The predicted molar refractivity (Wildman–Crippen MR) is 44.3 cm³/mol. The summed E-state index contributed by atoms with van der Waals surface area (Å²) in [5.74, 6) is 0. The Balaban J connectivity index is 2.88. The van der Waals surface area contributed by atoms with E-state index in [4.69, 9.17) is 4.84 Å². The second kappa shape index (κ2) is 8.47. The molecular weight excluding hydrogens is 126 g/mol. The van der Waals surface area contributed by atoms with E-state index in [1.54, 1.807) is 0 Å². The van der Waals surface area contributed by atoms with Crippen LogP contribution in [0.1, 0.15) is 39.5 Å². The van der Waals surface area contributed by atoms with Crippen LogP contribution in [0.3, 0.4) is 0 Å². The van der Waals surface area contributed by atoms with Gasteiger partial charge in [0.1, 0.15) is 6.61 Å². The van der Waals surface area contributed by atoms with Gasteiger partial charge in [-0.1, -0.05) is 24.9 Å². The second-order valence-electron chi connectivity index (χ2n) is 2.20. The molecule has 0 N–H and O–H groups in total. The maximum absolute atomic E-state index is 4.78. The predicted octanol–water partition coefficient (Wildman–Crippen LogP) is 2.59. The van der Waals surface area contributed by atoms with Crippen molar-refractivity contribution in [2.75, 3.05) is 6.61 Å². The molecule has 60 valence electrons. The average Bonchev–Trinajstić information content (AvgIpc) is 1.97. The lowest BCUT2D eigenvalue weighted by Gasteiger charge is -1.91. The molecule has 0 aromatic heterocycles. The molecule has 0 saturated heterocycles. The quantitative estimate of drug-likeness (QED) is 0.318. The Hall–Kier alpha value is -0.530. The fourth-order valence-corrected chi connectivity index (χ4v) is 0.666. The molecular formula is C8H17NO. The van der Waals surface area contributed by atoms with Gasteiger partial charge in [0, 0.05) is 6.21 Å². The van der Waals surface area contributed by atoms with Gasteiger partial charge in [-0.15, -0.1) is 0 Å². The van der Waals surface area contributed by atoms with E-state index >= 15 is 0 Å². The Labute approximate surface area is 63.3 Å². The maximum atomic E-state index is 4.78. The molecule has 0 rings (SSSR count). The van der Waals surface area contributed by atoms with Crippen LogP contribution >= 0.6 is 0 Å². The van der Waals surface area contributed by atoms with Gasteiger partial charge in [-0.3, -0.25) is 0 Å². The van der Waals surface area contributed by atoms with Crippen LogP contribution in [0.25, 0.3) is 0 Å². The highest BCUT2D eigenvalue weighted by molar-refractivity contribution is 5.55. The van der Waals surface area contributed by atoms with Crippen LogP contribution in [-0.4, -0.2) is 12.8 Å². The molecule has 0 unspecified atom stereocenters. The summed E-state index contributed by atoms with van der Waals surface area (Å²) in [7, 11) is 0. The summed E-state index contributed by atoms with van der Waals surface area (Å²) < 4.78 is 0. The Morgan fingerprint density at radius 1 is 1.30 bits per heavy atom. The van der Waals surface area contributed by atoms with Crippen molar-refractivity contribution >= 4 is 6.21 Å². The van der Waals surface area contributed by atoms with Crippen LogP contribution in [0.5, 0.6) is 0 Å². The van der Waals surface area contributed by atoms with E-state index in [2.05, 4.69) is 12.1 Å². The van der Waals surface area contributed by atoms with Crippen LogP contribution < -0.4 is 0 Å². The number of oxime groups is 1. The first kappa shape index (κ1) is 9.47. The molecule has 0 fully saturated rings. The number of hydrogen-bond acceptors (Lipinski definition) is 2. The van der Waals surface area contributed by atoms with Crippen molar-refractivity contribution in [1.29, 1.82) is 0 Å². The molecule has 0 radical (unpaired) electrons. The number of unbranched alkanes of at least 4 members (excludes halogenated alkanes) is 3. The van der Waals surface area contributed by atoms with E-state index in [9.17, 15) is 0 Å². The molecule has 2 nitrogen and oxygen atoms in total. The van der Waals surface area contributed by atoms with Crippen LogP contribution in [0.2, 0.25) is 0 Å². The van der Waals surface area contributed by atoms with Gasteiger partial charge in [-0.05, 0) is 19.8 Å². The van der Waals surface area contributed by atoms with Gasteiger partial charge < -0.3 is 4.84 Å². The molecule has 2 heteroatoms. The Morgan fingerprint density at radius 3 is 2.70 bits per heavy atom. The summed E-state index contributed by atoms with van der Waals surface area (Å²) in [6, 6.07) is 0. The minimum Gasteiger partial charge on any atom is -0.396 e. The van der Waals surface area contributed by atoms with Crippen molar-refractivity contribution in [2.45, 2.75) is 39.5 Å². The topological polar surface area (TPSA) is 21.6 Å². The summed E-state index contributed by atoms with van der Waals surface area (Å²) in [5.41, 5.74) is 0. The lowest BCUT2D eigenvalue weighted by molar-refractivity contribution is 0.160. The van der Waals surface area contributed by atoms with E-state index in [1.165, 1.54) is 19.3 Å². The van der Waals surface area contributed by atoms with Crippen molar-refractivity contribution in [2.24, 2.45) is 5.16 Å². The van der Waals surface area contributed by atoms with Crippen LogP contribution in [0, 0.1) is 0 Å². The van der Waals surface area contributed by atoms with Gasteiger partial charge in [-0.2, -0.15) is 0 Å². The van der Waals surface area contributed by atoms with Gasteiger partial charge >= 0.3 is 0 Å². The minimum absolute atomic E-state index is 0.671. The first-order valence-corrected chi connectivity index (χ1v) is 4.05. The van der Waals surface area contributed by atoms with Crippen molar-refractivity contribution in [3.8, 4) is 0 Å². The fraction of sp³-hybridized carbons (Fsp3) is 0.875. The lowest BCUT2D eigenvalue weighted by Crippen LogP contribution is -1.81. The molecule has 0 amide bonds. The zero-order valence-electron chi connectivity index (χ0n) is 6.97. The van der Waals surface area contributed by atoms with Crippen LogP contribution in [0.15, 0.2) is 5.16 Å². The highest BCUT2D eigenvalue weighted by Gasteiger charge is 1.81. The number of hydrogen-bond donors (Lipinski definition) is 0. The highest BCUT2D eigenvalue weighted by atomic mass is 16.6. The normalized spacial score (nSPS) is 10.6. The molecule has 0 aromatic rings. The van der Waals surface area contributed by atoms with Gasteiger partial charge in [0.2, 0.25) is 0 Å². The first-order chi connectivity index (χ1) is 4.91. The van der Waals surface area contributed by atoms with E-state index in [1.807, 2.05) is 13.1 Å². The zero-order chi connectivity index (χ0) is 7.66.